The molecular weight excluding hydrogens is 216 g/mol. The maximum Gasteiger partial charge on any atom is 0.337 e. The van der Waals surface area contributed by atoms with E-state index in [1.54, 1.807) is 0 Å². The Balaban J connectivity index is 2.00. The van der Waals surface area contributed by atoms with Crippen molar-refractivity contribution in [1.82, 2.24) is 0 Å². The maximum atomic E-state index is 11.8. The number of hydrogen-bond acceptors (Lipinski definition) is 4. The lowest BCUT2D eigenvalue weighted by Crippen LogP contribution is -2.28. The van der Waals surface area contributed by atoms with Crippen molar-refractivity contribution < 1.29 is 9.53 Å². The summed E-state index contributed by atoms with van der Waals surface area (Å²) in [5, 5.41) is 6.59. The zero-order valence-corrected chi connectivity index (χ0v) is 9.62. The van der Waals surface area contributed by atoms with E-state index >= 15 is 0 Å². The molecule has 88 valence electrons. The van der Waals surface area contributed by atoms with Crippen molar-refractivity contribution >= 4 is 17.3 Å². The topological polar surface area (TPSA) is 50.4 Å². The van der Waals surface area contributed by atoms with E-state index in [0.717, 1.165) is 23.5 Å². The average Bonchev–Trinajstić information content (AvgIpc) is 2.47. The Kier molecular flexibility index (Phi) is 2.28. The molecule has 2 N–H and O–H groups in total. The van der Waals surface area contributed by atoms with E-state index in [1.807, 2.05) is 31.2 Å². The molecule has 0 amide bonds. The third-order valence-electron chi connectivity index (χ3n) is 3.08. The lowest BCUT2D eigenvalue weighted by Gasteiger charge is -2.23. The van der Waals surface area contributed by atoms with Crippen molar-refractivity contribution in [2.75, 3.05) is 17.2 Å². The summed E-state index contributed by atoms with van der Waals surface area (Å²) >= 11 is 0. The van der Waals surface area contributed by atoms with Gasteiger partial charge in [-0.1, -0.05) is 12.1 Å². The first-order valence-corrected chi connectivity index (χ1v) is 5.77. The first-order valence-electron chi connectivity index (χ1n) is 5.77. The molecule has 2 aliphatic rings. The average molecular weight is 230 g/mol. The maximum absolute atomic E-state index is 11.8. The fraction of sp³-hybridized carbons (Fsp3) is 0.308. The van der Waals surface area contributed by atoms with Gasteiger partial charge in [0.25, 0.3) is 0 Å². The molecule has 4 nitrogen and oxygen atoms in total. The van der Waals surface area contributed by atoms with Gasteiger partial charge >= 0.3 is 5.97 Å². The quantitative estimate of drug-likeness (QED) is 0.670. The van der Waals surface area contributed by atoms with Crippen LogP contribution in [0.4, 0.5) is 11.4 Å². The van der Waals surface area contributed by atoms with Crippen LogP contribution in [-0.4, -0.2) is 18.6 Å². The predicted octanol–water partition coefficient (Wildman–Crippen LogP) is 2.11. The van der Waals surface area contributed by atoms with Crippen LogP contribution in [0.5, 0.6) is 0 Å². The molecule has 0 saturated heterocycles. The van der Waals surface area contributed by atoms with Crippen LogP contribution >= 0.6 is 0 Å². The minimum absolute atomic E-state index is 0.0565. The van der Waals surface area contributed by atoms with Gasteiger partial charge in [-0.15, -0.1) is 0 Å². The van der Waals surface area contributed by atoms with Crippen molar-refractivity contribution in [3.05, 3.63) is 35.5 Å². The summed E-state index contributed by atoms with van der Waals surface area (Å²) in [6.07, 6.45) is 0.691. The molecule has 1 aromatic rings. The molecule has 0 radical (unpaired) electrons. The van der Waals surface area contributed by atoms with Crippen molar-refractivity contribution in [3.8, 4) is 0 Å². The van der Waals surface area contributed by atoms with Gasteiger partial charge in [0, 0.05) is 18.7 Å². The number of nitrogens with one attached hydrogen (secondary N) is 2. The van der Waals surface area contributed by atoms with Crippen LogP contribution in [0.1, 0.15) is 13.3 Å². The van der Waals surface area contributed by atoms with E-state index in [-0.39, 0.29) is 12.1 Å². The van der Waals surface area contributed by atoms with E-state index in [9.17, 15) is 4.79 Å². The Bertz CT molecular complexity index is 508. The first-order chi connectivity index (χ1) is 8.24. The zero-order valence-electron chi connectivity index (χ0n) is 9.62. The fourth-order valence-electron chi connectivity index (χ4n) is 2.23. The van der Waals surface area contributed by atoms with Crippen molar-refractivity contribution in [1.29, 1.82) is 0 Å². The number of anilines is 2. The smallest absolute Gasteiger partial charge is 0.337 e. The van der Waals surface area contributed by atoms with Gasteiger partial charge in [-0.25, -0.2) is 4.79 Å². The lowest BCUT2D eigenvalue weighted by molar-refractivity contribution is -0.144. The predicted molar refractivity (Wildman–Crippen MR) is 65.8 cm³/mol. The normalized spacial score (nSPS) is 22.6. The Labute approximate surface area is 99.7 Å². The van der Waals surface area contributed by atoms with Crippen LogP contribution in [0.2, 0.25) is 0 Å². The monoisotopic (exact) mass is 230 g/mol. The summed E-state index contributed by atoms with van der Waals surface area (Å²) in [6, 6.07) is 7.95. The van der Waals surface area contributed by atoms with Crippen molar-refractivity contribution in [2.45, 2.75) is 19.4 Å². The van der Waals surface area contributed by atoms with Gasteiger partial charge in [-0.2, -0.15) is 0 Å². The molecular formula is C13H14N2O2. The van der Waals surface area contributed by atoms with Gasteiger partial charge in [0.15, 0.2) is 0 Å². The second kappa shape index (κ2) is 3.80. The Morgan fingerprint density at radius 3 is 2.88 bits per heavy atom. The van der Waals surface area contributed by atoms with Gasteiger partial charge in [0.1, 0.15) is 6.10 Å². The van der Waals surface area contributed by atoms with Crippen LogP contribution in [0.25, 0.3) is 0 Å². The van der Waals surface area contributed by atoms with Crippen LogP contribution in [0, 0.1) is 0 Å². The van der Waals surface area contributed by atoms with E-state index in [4.69, 9.17) is 4.74 Å². The Hall–Kier alpha value is -1.97. The number of rotatable bonds is 0. The van der Waals surface area contributed by atoms with E-state index in [2.05, 4.69) is 10.6 Å². The summed E-state index contributed by atoms with van der Waals surface area (Å²) < 4.78 is 5.23. The van der Waals surface area contributed by atoms with Crippen LogP contribution < -0.4 is 10.6 Å². The standard InChI is InChI=1S/C13H14N2O2/c1-8-6-12-9(13(16)17-8)7-14-10-4-2-3-5-11(10)15-12/h2-5,8,14-15H,6-7H2,1H3/t8-/m0/s1. The third kappa shape index (κ3) is 1.75. The number of esters is 1. The first kappa shape index (κ1) is 10.2. The third-order valence-corrected chi connectivity index (χ3v) is 3.08. The molecule has 1 atom stereocenters. The summed E-state index contributed by atoms with van der Waals surface area (Å²) in [5.74, 6) is -0.216. The summed E-state index contributed by atoms with van der Waals surface area (Å²) in [4.78, 5) is 11.8. The molecule has 0 fully saturated rings. The number of para-hydroxylation sites is 2. The molecule has 3 rings (SSSR count). The number of benzene rings is 1. The van der Waals surface area contributed by atoms with Crippen molar-refractivity contribution in [2.24, 2.45) is 0 Å². The number of carbonyl (C=O) groups is 1. The summed E-state index contributed by atoms with van der Waals surface area (Å²) in [7, 11) is 0. The second-order valence-electron chi connectivity index (χ2n) is 4.40. The second-order valence-corrected chi connectivity index (χ2v) is 4.40. The highest BCUT2D eigenvalue weighted by atomic mass is 16.5. The van der Waals surface area contributed by atoms with Crippen molar-refractivity contribution in [3.63, 3.8) is 0 Å². The minimum Gasteiger partial charge on any atom is -0.459 e. The highest BCUT2D eigenvalue weighted by Gasteiger charge is 2.28. The van der Waals surface area contributed by atoms with Gasteiger partial charge in [-0.05, 0) is 19.1 Å². The van der Waals surface area contributed by atoms with Gasteiger partial charge in [-0.3, -0.25) is 0 Å². The fourth-order valence-corrected chi connectivity index (χ4v) is 2.23. The van der Waals surface area contributed by atoms with Gasteiger partial charge in [0.2, 0.25) is 0 Å². The molecule has 0 aromatic heterocycles. The molecule has 0 saturated carbocycles. The SMILES string of the molecule is C[C@H]1CC2=C(CNc3ccccc3N2)C(=O)O1. The zero-order chi connectivity index (χ0) is 11.8. The summed E-state index contributed by atoms with van der Waals surface area (Å²) in [5.41, 5.74) is 3.72. The Morgan fingerprint density at radius 1 is 1.29 bits per heavy atom. The molecule has 17 heavy (non-hydrogen) atoms. The minimum atomic E-state index is -0.216. The van der Waals surface area contributed by atoms with E-state index in [0.29, 0.717) is 12.1 Å². The van der Waals surface area contributed by atoms with E-state index in [1.165, 1.54) is 0 Å². The number of cyclic esters (lactones) is 1. The number of hydrogen-bond donors (Lipinski definition) is 2. The Morgan fingerprint density at radius 2 is 2.06 bits per heavy atom. The van der Waals surface area contributed by atoms with Crippen LogP contribution in [0.3, 0.4) is 0 Å². The molecule has 4 heteroatoms. The molecule has 0 spiro atoms. The summed E-state index contributed by atoms with van der Waals surface area (Å²) in [6.45, 7) is 2.43. The highest BCUT2D eigenvalue weighted by Crippen LogP contribution is 2.31. The largest absolute Gasteiger partial charge is 0.459 e. The van der Waals surface area contributed by atoms with Crippen LogP contribution in [-0.2, 0) is 9.53 Å². The number of ether oxygens (including phenoxy) is 1. The lowest BCUT2D eigenvalue weighted by atomic mass is 10.1. The highest BCUT2D eigenvalue weighted by molar-refractivity contribution is 5.93. The molecule has 0 bridgehead atoms. The molecule has 2 aliphatic heterocycles. The molecule has 2 heterocycles. The molecule has 0 aliphatic carbocycles. The molecule has 1 aromatic carbocycles. The number of fused-ring (bicyclic) bond motifs is 1. The number of carbonyl (C=O) groups excluding carboxylic acids is 1. The van der Waals surface area contributed by atoms with Gasteiger partial charge < -0.3 is 15.4 Å². The van der Waals surface area contributed by atoms with Crippen LogP contribution in [0.15, 0.2) is 35.5 Å². The molecule has 0 unspecified atom stereocenters. The van der Waals surface area contributed by atoms with Gasteiger partial charge in [0.05, 0.1) is 16.9 Å². The van der Waals surface area contributed by atoms with E-state index < -0.39 is 0 Å².